The van der Waals surface area contributed by atoms with Crippen LogP contribution in [0.2, 0.25) is 0 Å². The molecular formula is C19H18F3N3O3S. The summed E-state index contributed by atoms with van der Waals surface area (Å²) >= 11 is 1.72. The molecule has 10 heteroatoms. The Bertz CT molecular complexity index is 1040. The number of rotatable bonds is 4. The summed E-state index contributed by atoms with van der Waals surface area (Å²) < 4.78 is 33.7. The van der Waals surface area contributed by atoms with Gasteiger partial charge in [0.15, 0.2) is 0 Å². The molecular weight excluding hydrogens is 407 g/mol. The zero-order chi connectivity index (χ0) is 21.2. The largest absolute Gasteiger partial charge is 0.490 e. The molecule has 0 aromatic carbocycles. The van der Waals surface area contributed by atoms with Gasteiger partial charge < -0.3 is 15.0 Å². The minimum atomic E-state index is -5.08. The van der Waals surface area contributed by atoms with Crippen LogP contribution in [0, 0.1) is 6.92 Å². The van der Waals surface area contributed by atoms with Gasteiger partial charge in [0, 0.05) is 28.9 Å². The molecule has 29 heavy (non-hydrogen) atoms. The number of thiophene rings is 1. The van der Waals surface area contributed by atoms with Crippen LogP contribution in [0.25, 0.3) is 21.5 Å². The number of alkyl halides is 3. The summed E-state index contributed by atoms with van der Waals surface area (Å²) in [5.41, 5.74) is 4.30. The number of carboxylic acids is 1. The molecule has 1 aliphatic carbocycles. The van der Waals surface area contributed by atoms with Gasteiger partial charge in [-0.25, -0.2) is 4.79 Å². The molecule has 3 aromatic heterocycles. The van der Waals surface area contributed by atoms with Gasteiger partial charge in [-0.2, -0.15) is 13.2 Å². The molecule has 1 amide bonds. The van der Waals surface area contributed by atoms with Crippen molar-refractivity contribution in [1.29, 1.82) is 0 Å². The Kier molecular flexibility index (Phi) is 5.92. The maximum Gasteiger partial charge on any atom is 0.490 e. The first kappa shape index (κ1) is 20.8. The number of hydrogen-bond donors (Lipinski definition) is 2. The second-order valence-corrected chi connectivity index (χ2v) is 7.62. The third kappa shape index (κ3) is 5.57. The van der Waals surface area contributed by atoms with E-state index in [1.165, 1.54) is 10.4 Å². The van der Waals surface area contributed by atoms with Crippen molar-refractivity contribution >= 4 is 34.2 Å². The molecule has 3 aromatic rings. The SMILES string of the molecule is Cc1csc(-c2cnc3ccn(CC(=O)NC4CC4)c3c2)c1.O=C(O)C(F)(F)F. The zero-order valence-corrected chi connectivity index (χ0v) is 16.2. The van der Waals surface area contributed by atoms with Crippen LogP contribution in [-0.4, -0.2) is 38.8 Å². The van der Waals surface area contributed by atoms with E-state index in [-0.39, 0.29) is 5.91 Å². The van der Waals surface area contributed by atoms with Crippen LogP contribution < -0.4 is 5.32 Å². The molecule has 0 saturated heterocycles. The fourth-order valence-corrected chi connectivity index (χ4v) is 3.46. The lowest BCUT2D eigenvalue weighted by atomic mass is 10.2. The zero-order valence-electron chi connectivity index (χ0n) is 15.4. The van der Waals surface area contributed by atoms with Crippen molar-refractivity contribution < 1.29 is 27.9 Å². The third-order valence-corrected chi connectivity index (χ3v) is 5.23. The van der Waals surface area contributed by atoms with Gasteiger partial charge in [0.05, 0.1) is 11.0 Å². The second-order valence-electron chi connectivity index (χ2n) is 6.71. The number of aromatic nitrogens is 2. The molecule has 6 nitrogen and oxygen atoms in total. The van der Waals surface area contributed by atoms with Gasteiger partial charge in [-0.05, 0) is 48.9 Å². The first-order valence-corrected chi connectivity index (χ1v) is 9.61. The molecule has 154 valence electrons. The quantitative estimate of drug-likeness (QED) is 0.662. The molecule has 0 bridgehead atoms. The lowest BCUT2D eigenvalue weighted by molar-refractivity contribution is -0.192. The average molecular weight is 425 g/mol. The number of nitrogens with one attached hydrogen (secondary N) is 1. The molecule has 4 rings (SSSR count). The van der Waals surface area contributed by atoms with E-state index in [1.54, 1.807) is 11.3 Å². The highest BCUT2D eigenvalue weighted by atomic mass is 32.1. The van der Waals surface area contributed by atoms with Crippen LogP contribution in [-0.2, 0) is 16.1 Å². The van der Waals surface area contributed by atoms with Gasteiger partial charge in [-0.1, -0.05) is 0 Å². The Labute approximate surface area is 168 Å². The summed E-state index contributed by atoms with van der Waals surface area (Å²) in [5.74, 6) is -2.68. The normalized spacial score (nSPS) is 13.7. The number of halogens is 3. The Morgan fingerprint density at radius 1 is 1.34 bits per heavy atom. The third-order valence-electron chi connectivity index (χ3n) is 4.13. The molecule has 0 aliphatic heterocycles. The summed E-state index contributed by atoms with van der Waals surface area (Å²) in [6.07, 6.45) is 0.985. The predicted octanol–water partition coefficient (Wildman–Crippen LogP) is 3.99. The molecule has 3 heterocycles. The lowest BCUT2D eigenvalue weighted by Gasteiger charge is -2.07. The minimum absolute atomic E-state index is 0.0809. The van der Waals surface area contributed by atoms with Gasteiger partial charge in [0.25, 0.3) is 0 Å². The van der Waals surface area contributed by atoms with Gasteiger partial charge in [0.2, 0.25) is 5.91 Å². The monoisotopic (exact) mass is 425 g/mol. The number of aryl methyl sites for hydroxylation is 1. The van der Waals surface area contributed by atoms with E-state index in [9.17, 15) is 18.0 Å². The van der Waals surface area contributed by atoms with Crippen LogP contribution in [0.1, 0.15) is 18.4 Å². The second kappa shape index (κ2) is 8.24. The van der Waals surface area contributed by atoms with Gasteiger partial charge in [-0.15, -0.1) is 11.3 Å². The smallest absolute Gasteiger partial charge is 0.475 e. The van der Waals surface area contributed by atoms with E-state index in [2.05, 4.69) is 34.7 Å². The molecule has 1 aliphatic rings. The first-order chi connectivity index (χ1) is 13.6. The fraction of sp³-hybridized carbons (Fsp3) is 0.316. The van der Waals surface area contributed by atoms with Crippen LogP contribution in [0.15, 0.2) is 36.0 Å². The number of pyridine rings is 1. The molecule has 0 spiro atoms. The van der Waals surface area contributed by atoms with Crippen molar-refractivity contribution in [2.24, 2.45) is 0 Å². The number of aliphatic carboxylic acids is 1. The Balaban J connectivity index is 0.000000298. The number of carbonyl (C=O) groups excluding carboxylic acids is 1. The molecule has 1 saturated carbocycles. The standard InChI is InChI=1S/C17H17N3OS.C2HF3O2/c1-11-6-16(22-10-11)12-7-15-14(18-8-12)4-5-20(15)9-17(21)19-13-2-3-13;3-2(4,5)1(6)7/h4-8,10,13H,2-3,9H2,1H3,(H,19,21);(H,6,7). The summed E-state index contributed by atoms with van der Waals surface area (Å²) in [6, 6.07) is 6.65. The van der Waals surface area contributed by atoms with Crippen molar-refractivity contribution in [1.82, 2.24) is 14.9 Å². The van der Waals surface area contributed by atoms with Crippen molar-refractivity contribution in [3.63, 3.8) is 0 Å². The summed E-state index contributed by atoms with van der Waals surface area (Å²) in [6.45, 7) is 2.45. The highest BCUT2D eigenvalue weighted by Gasteiger charge is 2.38. The maximum absolute atomic E-state index is 12.0. The van der Waals surface area contributed by atoms with E-state index in [0.717, 1.165) is 29.4 Å². The van der Waals surface area contributed by atoms with E-state index < -0.39 is 12.1 Å². The maximum atomic E-state index is 12.0. The molecule has 0 unspecified atom stereocenters. The van der Waals surface area contributed by atoms with E-state index in [0.29, 0.717) is 12.6 Å². The van der Waals surface area contributed by atoms with E-state index in [4.69, 9.17) is 9.90 Å². The van der Waals surface area contributed by atoms with Crippen molar-refractivity contribution in [3.05, 3.63) is 41.5 Å². The van der Waals surface area contributed by atoms with Gasteiger partial charge >= 0.3 is 12.1 Å². The molecule has 1 fully saturated rings. The number of nitrogens with zero attached hydrogens (tertiary/aromatic N) is 2. The summed E-state index contributed by atoms with van der Waals surface area (Å²) in [5, 5.41) is 12.3. The van der Waals surface area contributed by atoms with Gasteiger partial charge in [0.1, 0.15) is 6.54 Å². The molecule has 0 radical (unpaired) electrons. The van der Waals surface area contributed by atoms with Crippen LogP contribution in [0.5, 0.6) is 0 Å². The average Bonchev–Trinajstić information content (AvgIpc) is 3.20. The molecule has 0 atom stereocenters. The minimum Gasteiger partial charge on any atom is -0.475 e. The van der Waals surface area contributed by atoms with Crippen LogP contribution >= 0.6 is 11.3 Å². The Morgan fingerprint density at radius 3 is 2.59 bits per heavy atom. The Morgan fingerprint density at radius 2 is 2.03 bits per heavy atom. The van der Waals surface area contributed by atoms with Gasteiger partial charge in [-0.3, -0.25) is 9.78 Å². The molecule has 2 N–H and O–H groups in total. The van der Waals surface area contributed by atoms with Crippen LogP contribution in [0.4, 0.5) is 13.2 Å². The summed E-state index contributed by atoms with van der Waals surface area (Å²) in [4.78, 5) is 26.6. The number of fused-ring (bicyclic) bond motifs is 1. The van der Waals surface area contributed by atoms with Crippen molar-refractivity contribution in [3.8, 4) is 10.4 Å². The van der Waals surface area contributed by atoms with Crippen molar-refractivity contribution in [2.75, 3.05) is 0 Å². The number of hydrogen-bond acceptors (Lipinski definition) is 4. The van der Waals surface area contributed by atoms with E-state index in [1.807, 2.05) is 23.0 Å². The predicted molar refractivity (Wildman–Crippen MR) is 103 cm³/mol. The highest BCUT2D eigenvalue weighted by molar-refractivity contribution is 7.13. The number of carbonyl (C=O) groups is 2. The Hall–Kier alpha value is -2.88. The summed E-state index contributed by atoms with van der Waals surface area (Å²) in [7, 11) is 0. The lowest BCUT2D eigenvalue weighted by Crippen LogP contribution is -2.29. The topological polar surface area (TPSA) is 84.2 Å². The highest BCUT2D eigenvalue weighted by Crippen LogP contribution is 2.29. The fourth-order valence-electron chi connectivity index (χ4n) is 2.57. The van der Waals surface area contributed by atoms with E-state index >= 15 is 0 Å². The number of carboxylic acid groups (broad SMARTS) is 1. The first-order valence-electron chi connectivity index (χ1n) is 8.73. The number of amides is 1. The van der Waals surface area contributed by atoms with Crippen molar-refractivity contribution in [2.45, 2.75) is 38.5 Å². The van der Waals surface area contributed by atoms with Crippen LogP contribution in [0.3, 0.4) is 0 Å².